The molecule has 0 unspecified atom stereocenters. The lowest BCUT2D eigenvalue weighted by Gasteiger charge is -2.09. The first kappa shape index (κ1) is 12.5. The van der Waals surface area contributed by atoms with Gasteiger partial charge in [0.1, 0.15) is 11.6 Å². The van der Waals surface area contributed by atoms with Gasteiger partial charge >= 0.3 is 0 Å². The molecule has 1 heterocycles. The molecule has 1 N–H and O–H groups in total. The number of halogens is 1. The minimum atomic E-state index is -0.264. The van der Waals surface area contributed by atoms with Gasteiger partial charge in [-0.3, -0.25) is 0 Å². The second-order valence-corrected chi connectivity index (χ2v) is 4.62. The van der Waals surface area contributed by atoms with Crippen molar-refractivity contribution in [1.82, 2.24) is 9.97 Å². The minimum Gasteiger partial charge on any atom is -0.373 e. The Kier molecular flexibility index (Phi) is 3.06. The fourth-order valence-electron chi connectivity index (χ4n) is 2.21. The van der Waals surface area contributed by atoms with Gasteiger partial charge in [-0.1, -0.05) is 12.1 Å². The Morgan fingerprint density at radius 1 is 1.00 bits per heavy atom. The molecule has 0 amide bonds. The molecule has 0 saturated carbocycles. The lowest BCUT2D eigenvalue weighted by atomic mass is 10.1. The average molecular weight is 267 g/mol. The van der Waals surface area contributed by atoms with E-state index in [1.54, 1.807) is 12.1 Å². The number of fused-ring (bicyclic) bond motifs is 1. The summed E-state index contributed by atoms with van der Waals surface area (Å²) in [5, 5.41) is 4.08. The van der Waals surface area contributed by atoms with E-state index >= 15 is 0 Å². The molecule has 0 atom stereocenters. The summed E-state index contributed by atoms with van der Waals surface area (Å²) < 4.78 is 13.0. The summed E-state index contributed by atoms with van der Waals surface area (Å²) in [7, 11) is 1.83. The average Bonchev–Trinajstić information content (AvgIpc) is 2.47. The van der Waals surface area contributed by atoms with E-state index in [-0.39, 0.29) is 5.82 Å². The van der Waals surface area contributed by atoms with E-state index in [9.17, 15) is 4.39 Å². The molecular formula is C16H14FN3. The smallest absolute Gasteiger partial charge is 0.162 e. The first-order valence-electron chi connectivity index (χ1n) is 6.40. The molecule has 0 aliphatic carbocycles. The molecule has 1 aromatic heterocycles. The van der Waals surface area contributed by atoms with Crippen LogP contribution in [0.4, 0.5) is 10.2 Å². The van der Waals surface area contributed by atoms with Gasteiger partial charge < -0.3 is 5.32 Å². The molecule has 0 aliphatic rings. The van der Waals surface area contributed by atoms with Gasteiger partial charge in [0, 0.05) is 18.0 Å². The van der Waals surface area contributed by atoms with Gasteiger partial charge in [0.05, 0.1) is 5.52 Å². The highest BCUT2D eigenvalue weighted by Gasteiger charge is 2.09. The van der Waals surface area contributed by atoms with E-state index in [0.717, 1.165) is 27.8 Å². The molecule has 4 heteroatoms. The highest BCUT2D eigenvalue weighted by atomic mass is 19.1. The number of aryl methyl sites for hydroxylation is 1. The van der Waals surface area contributed by atoms with Crippen LogP contribution in [0.2, 0.25) is 0 Å². The van der Waals surface area contributed by atoms with Crippen LogP contribution in [-0.2, 0) is 0 Å². The largest absolute Gasteiger partial charge is 0.373 e. The molecule has 0 aliphatic heterocycles. The van der Waals surface area contributed by atoms with Crippen LogP contribution < -0.4 is 5.32 Å². The Hall–Kier alpha value is -2.49. The zero-order valence-corrected chi connectivity index (χ0v) is 11.3. The van der Waals surface area contributed by atoms with Crippen molar-refractivity contribution in [3.63, 3.8) is 0 Å². The number of aromatic nitrogens is 2. The monoisotopic (exact) mass is 267 g/mol. The maximum atomic E-state index is 13.0. The van der Waals surface area contributed by atoms with Gasteiger partial charge in [-0.2, -0.15) is 0 Å². The maximum Gasteiger partial charge on any atom is 0.162 e. The van der Waals surface area contributed by atoms with Crippen molar-refractivity contribution in [3.05, 3.63) is 53.8 Å². The van der Waals surface area contributed by atoms with Crippen molar-refractivity contribution in [2.24, 2.45) is 0 Å². The van der Waals surface area contributed by atoms with Crippen molar-refractivity contribution in [1.29, 1.82) is 0 Å². The van der Waals surface area contributed by atoms with E-state index in [4.69, 9.17) is 0 Å². The van der Waals surface area contributed by atoms with Crippen LogP contribution in [0.3, 0.4) is 0 Å². The van der Waals surface area contributed by atoms with Gasteiger partial charge in [0.2, 0.25) is 0 Å². The lowest BCUT2D eigenvalue weighted by Crippen LogP contribution is -1.99. The third kappa shape index (κ3) is 2.09. The second-order valence-electron chi connectivity index (χ2n) is 4.62. The number of benzene rings is 2. The number of hydrogen-bond donors (Lipinski definition) is 1. The van der Waals surface area contributed by atoms with Crippen molar-refractivity contribution >= 4 is 16.7 Å². The summed E-state index contributed by atoms with van der Waals surface area (Å²) in [5.74, 6) is 1.11. The highest BCUT2D eigenvalue weighted by molar-refractivity contribution is 5.92. The predicted molar refractivity (Wildman–Crippen MR) is 79.2 cm³/mol. The van der Waals surface area contributed by atoms with Crippen LogP contribution >= 0.6 is 0 Å². The molecule has 3 rings (SSSR count). The second kappa shape index (κ2) is 4.89. The van der Waals surface area contributed by atoms with Crippen LogP contribution in [0.1, 0.15) is 5.56 Å². The summed E-state index contributed by atoms with van der Waals surface area (Å²) in [6.45, 7) is 2.02. The molecule has 0 bridgehead atoms. The van der Waals surface area contributed by atoms with Crippen LogP contribution in [0, 0.1) is 12.7 Å². The Morgan fingerprint density at radius 2 is 1.75 bits per heavy atom. The van der Waals surface area contributed by atoms with E-state index in [1.807, 2.05) is 32.2 Å². The van der Waals surface area contributed by atoms with Crippen molar-refractivity contribution < 1.29 is 4.39 Å². The van der Waals surface area contributed by atoms with Gasteiger partial charge in [-0.15, -0.1) is 0 Å². The fourth-order valence-corrected chi connectivity index (χ4v) is 2.21. The lowest BCUT2D eigenvalue weighted by molar-refractivity contribution is 0.628. The Bertz CT molecular complexity index is 767. The topological polar surface area (TPSA) is 37.8 Å². The van der Waals surface area contributed by atoms with E-state index in [1.165, 1.54) is 12.1 Å². The zero-order chi connectivity index (χ0) is 14.1. The van der Waals surface area contributed by atoms with Gasteiger partial charge in [0.15, 0.2) is 5.82 Å². The van der Waals surface area contributed by atoms with Crippen LogP contribution in [0.5, 0.6) is 0 Å². The molecule has 0 fully saturated rings. The number of rotatable bonds is 2. The third-order valence-electron chi connectivity index (χ3n) is 3.27. The van der Waals surface area contributed by atoms with Crippen molar-refractivity contribution in [3.8, 4) is 11.4 Å². The molecule has 100 valence electrons. The van der Waals surface area contributed by atoms with E-state index in [2.05, 4.69) is 15.3 Å². The van der Waals surface area contributed by atoms with E-state index < -0.39 is 0 Å². The summed E-state index contributed by atoms with van der Waals surface area (Å²) >= 11 is 0. The SMILES string of the molecule is CNc1nc(-c2ccc(F)cc2)nc2c(C)cccc12. The minimum absolute atomic E-state index is 0.264. The molecule has 3 nitrogen and oxygen atoms in total. The van der Waals surface area contributed by atoms with E-state index in [0.29, 0.717) is 5.82 Å². The number of anilines is 1. The van der Waals surface area contributed by atoms with Gasteiger partial charge in [0.25, 0.3) is 0 Å². The quantitative estimate of drug-likeness (QED) is 0.767. The molecule has 2 aromatic carbocycles. The summed E-state index contributed by atoms with van der Waals surface area (Å²) in [4.78, 5) is 9.13. The maximum absolute atomic E-state index is 13.0. The molecule has 0 spiro atoms. The number of hydrogen-bond acceptors (Lipinski definition) is 3. The Balaban J connectivity index is 2.27. The highest BCUT2D eigenvalue weighted by Crippen LogP contribution is 2.26. The first-order valence-corrected chi connectivity index (χ1v) is 6.40. The Morgan fingerprint density at radius 3 is 2.45 bits per heavy atom. The number of nitrogens with zero attached hydrogens (tertiary/aromatic N) is 2. The normalized spacial score (nSPS) is 10.8. The van der Waals surface area contributed by atoms with Crippen molar-refractivity contribution in [2.75, 3.05) is 12.4 Å². The number of nitrogens with one attached hydrogen (secondary N) is 1. The van der Waals surface area contributed by atoms with Crippen LogP contribution in [0.25, 0.3) is 22.3 Å². The molecule has 20 heavy (non-hydrogen) atoms. The summed E-state index contributed by atoms with van der Waals surface area (Å²) in [6, 6.07) is 12.2. The van der Waals surface area contributed by atoms with Crippen molar-refractivity contribution in [2.45, 2.75) is 6.92 Å². The van der Waals surface area contributed by atoms with Crippen LogP contribution in [-0.4, -0.2) is 17.0 Å². The standard InChI is InChI=1S/C16H14FN3/c1-10-4-3-5-13-14(10)19-15(20-16(13)18-2)11-6-8-12(17)9-7-11/h3-9H,1-2H3,(H,18,19,20). The predicted octanol–water partition coefficient (Wildman–Crippen LogP) is 3.79. The molecule has 0 saturated heterocycles. The summed E-state index contributed by atoms with van der Waals surface area (Å²) in [6.07, 6.45) is 0. The van der Waals surface area contributed by atoms with Gasteiger partial charge in [-0.05, 0) is 42.8 Å². The zero-order valence-electron chi connectivity index (χ0n) is 11.3. The van der Waals surface area contributed by atoms with Crippen LogP contribution in [0.15, 0.2) is 42.5 Å². The van der Waals surface area contributed by atoms with Gasteiger partial charge in [-0.25, -0.2) is 14.4 Å². The molecule has 0 radical (unpaired) electrons. The summed E-state index contributed by atoms with van der Waals surface area (Å²) in [5.41, 5.74) is 2.80. The fraction of sp³-hybridized carbons (Fsp3) is 0.125. The molecular weight excluding hydrogens is 253 g/mol. The third-order valence-corrected chi connectivity index (χ3v) is 3.27. The molecule has 3 aromatic rings. The number of para-hydroxylation sites is 1. The Labute approximate surface area is 116 Å². The first-order chi connectivity index (χ1) is 9.69.